The van der Waals surface area contributed by atoms with E-state index in [1.54, 1.807) is 12.1 Å². The van der Waals surface area contributed by atoms with Crippen molar-refractivity contribution in [2.45, 2.75) is 17.8 Å². The molecule has 0 amide bonds. The van der Waals surface area contributed by atoms with E-state index < -0.39 is 5.56 Å². The molecule has 0 aliphatic carbocycles. The number of ether oxygens (including phenoxy) is 3. The molecule has 3 aromatic rings. The molecular formula is C22H21N3O4S. The summed E-state index contributed by atoms with van der Waals surface area (Å²) in [7, 11) is 4.51. The smallest absolute Gasteiger partial charge is 0.270 e. The molecule has 1 aromatic heterocycles. The third-order valence-electron chi connectivity index (χ3n) is 4.57. The second-order valence-corrected chi connectivity index (χ2v) is 7.30. The maximum atomic E-state index is 12.6. The van der Waals surface area contributed by atoms with Crippen LogP contribution in [0.2, 0.25) is 0 Å². The van der Waals surface area contributed by atoms with Gasteiger partial charge < -0.3 is 19.2 Å². The summed E-state index contributed by atoms with van der Waals surface area (Å²) in [6, 6.07) is 13.3. The Balaban J connectivity index is 2.07. The monoisotopic (exact) mass is 423 g/mol. The number of rotatable bonds is 7. The van der Waals surface area contributed by atoms with Gasteiger partial charge in [0, 0.05) is 11.3 Å². The van der Waals surface area contributed by atoms with Gasteiger partial charge in [0.2, 0.25) is 5.75 Å². The number of benzene rings is 2. The lowest BCUT2D eigenvalue weighted by molar-refractivity contribution is 0.324. The Kier molecular flexibility index (Phi) is 6.65. The Morgan fingerprint density at radius 1 is 1.10 bits per heavy atom. The molecule has 0 saturated heterocycles. The predicted octanol–water partition coefficient (Wildman–Crippen LogP) is 3.94. The second-order valence-electron chi connectivity index (χ2n) is 6.34. The Hall–Kier alpha value is -3.44. The zero-order valence-electron chi connectivity index (χ0n) is 17.1. The maximum Gasteiger partial charge on any atom is 0.270 e. The van der Waals surface area contributed by atoms with Gasteiger partial charge in [0.15, 0.2) is 16.7 Å². The fraction of sp³-hybridized carbons (Fsp3) is 0.227. The number of nitriles is 1. The highest BCUT2D eigenvalue weighted by molar-refractivity contribution is 7.98. The van der Waals surface area contributed by atoms with E-state index in [9.17, 15) is 10.1 Å². The van der Waals surface area contributed by atoms with Crippen molar-refractivity contribution in [3.63, 3.8) is 0 Å². The minimum absolute atomic E-state index is 0.0792. The highest BCUT2D eigenvalue weighted by atomic mass is 32.2. The molecule has 0 aliphatic rings. The number of nitrogens with one attached hydrogen (secondary N) is 1. The van der Waals surface area contributed by atoms with E-state index in [0.717, 1.165) is 11.1 Å². The van der Waals surface area contributed by atoms with E-state index >= 15 is 0 Å². The fourth-order valence-electron chi connectivity index (χ4n) is 2.97. The molecule has 1 heterocycles. The molecule has 0 aliphatic heterocycles. The molecule has 0 atom stereocenters. The molecule has 0 unspecified atom stereocenters. The number of aromatic nitrogens is 2. The van der Waals surface area contributed by atoms with Gasteiger partial charge in [-0.15, -0.1) is 0 Å². The molecule has 30 heavy (non-hydrogen) atoms. The van der Waals surface area contributed by atoms with Crippen LogP contribution in [0.25, 0.3) is 11.3 Å². The van der Waals surface area contributed by atoms with E-state index in [0.29, 0.717) is 33.7 Å². The topological polar surface area (TPSA) is 97.2 Å². The molecule has 1 N–H and O–H groups in total. The van der Waals surface area contributed by atoms with Crippen LogP contribution in [0.5, 0.6) is 17.2 Å². The zero-order chi connectivity index (χ0) is 21.7. The lowest BCUT2D eigenvalue weighted by atomic mass is 10.1. The second kappa shape index (κ2) is 9.37. The van der Waals surface area contributed by atoms with Gasteiger partial charge in [0.05, 0.1) is 27.0 Å². The van der Waals surface area contributed by atoms with E-state index in [1.165, 1.54) is 33.1 Å². The molecule has 0 fully saturated rings. The molecule has 7 nitrogen and oxygen atoms in total. The number of aryl methyl sites for hydroxylation is 1. The number of aromatic amines is 1. The summed E-state index contributed by atoms with van der Waals surface area (Å²) in [6.07, 6.45) is 0. The van der Waals surface area contributed by atoms with Gasteiger partial charge in [-0.1, -0.05) is 36.0 Å². The van der Waals surface area contributed by atoms with Crippen LogP contribution in [0.4, 0.5) is 0 Å². The highest BCUT2D eigenvalue weighted by Crippen LogP contribution is 2.41. The summed E-state index contributed by atoms with van der Waals surface area (Å²) >= 11 is 1.39. The molecule has 8 heteroatoms. The third kappa shape index (κ3) is 4.26. The first-order chi connectivity index (χ1) is 14.5. The van der Waals surface area contributed by atoms with Crippen LogP contribution in [0.3, 0.4) is 0 Å². The molecule has 154 valence electrons. The van der Waals surface area contributed by atoms with Crippen molar-refractivity contribution >= 4 is 11.8 Å². The summed E-state index contributed by atoms with van der Waals surface area (Å²) in [5.74, 6) is 1.87. The Morgan fingerprint density at radius 2 is 1.77 bits per heavy atom. The number of nitrogens with zero attached hydrogens (tertiary/aromatic N) is 2. The molecule has 2 aromatic carbocycles. The van der Waals surface area contributed by atoms with Gasteiger partial charge in [-0.3, -0.25) is 4.79 Å². The zero-order valence-corrected chi connectivity index (χ0v) is 17.9. The molecule has 3 rings (SSSR count). The first kappa shape index (κ1) is 21.3. The molecule has 0 bridgehead atoms. The largest absolute Gasteiger partial charge is 0.493 e. The van der Waals surface area contributed by atoms with Gasteiger partial charge in [-0.05, 0) is 30.2 Å². The third-order valence-corrected chi connectivity index (χ3v) is 5.50. The standard InChI is InChI=1S/C22H21N3O4S/c1-13-7-5-6-8-14(13)12-30-22-24-19(16(11-23)21(26)25-22)15-9-17(27-2)20(29-4)18(10-15)28-3/h5-10H,12H2,1-4H3,(H,24,25,26). The first-order valence-electron chi connectivity index (χ1n) is 9.04. The van der Waals surface area contributed by atoms with Crippen LogP contribution in [-0.4, -0.2) is 31.3 Å². The number of hydrogen-bond acceptors (Lipinski definition) is 7. The van der Waals surface area contributed by atoms with Crippen LogP contribution in [0.15, 0.2) is 46.3 Å². The van der Waals surface area contributed by atoms with Crippen molar-refractivity contribution in [1.29, 1.82) is 5.26 Å². The van der Waals surface area contributed by atoms with Crippen molar-refractivity contribution in [2.24, 2.45) is 0 Å². The van der Waals surface area contributed by atoms with E-state index in [1.807, 2.05) is 37.3 Å². The van der Waals surface area contributed by atoms with Crippen molar-refractivity contribution in [1.82, 2.24) is 9.97 Å². The molecule has 0 saturated carbocycles. The summed E-state index contributed by atoms with van der Waals surface area (Å²) in [6.45, 7) is 2.03. The van der Waals surface area contributed by atoms with Gasteiger partial charge in [-0.25, -0.2) is 4.98 Å². The van der Waals surface area contributed by atoms with Crippen LogP contribution in [-0.2, 0) is 5.75 Å². The first-order valence-corrected chi connectivity index (χ1v) is 10.0. The van der Waals surface area contributed by atoms with Crippen molar-refractivity contribution in [2.75, 3.05) is 21.3 Å². The molecule has 0 radical (unpaired) electrons. The van der Waals surface area contributed by atoms with Crippen LogP contribution < -0.4 is 19.8 Å². The Bertz CT molecular complexity index is 1140. The van der Waals surface area contributed by atoms with Gasteiger partial charge >= 0.3 is 0 Å². The van der Waals surface area contributed by atoms with E-state index in [2.05, 4.69) is 9.97 Å². The quantitative estimate of drug-likeness (QED) is 0.454. The number of thioether (sulfide) groups is 1. The highest BCUT2D eigenvalue weighted by Gasteiger charge is 2.19. The minimum atomic E-state index is -0.497. The van der Waals surface area contributed by atoms with Gasteiger partial charge in [-0.2, -0.15) is 5.26 Å². The van der Waals surface area contributed by atoms with Crippen molar-refractivity contribution in [3.8, 4) is 34.6 Å². The molecule has 0 spiro atoms. The van der Waals surface area contributed by atoms with Gasteiger partial charge in [0.25, 0.3) is 5.56 Å². The summed E-state index contributed by atoms with van der Waals surface area (Å²) in [5, 5.41) is 9.97. The number of H-pyrrole nitrogens is 1. The number of methoxy groups -OCH3 is 3. The Labute approximate surface area is 178 Å². The van der Waals surface area contributed by atoms with Crippen LogP contribution in [0.1, 0.15) is 16.7 Å². The Morgan fingerprint density at radius 3 is 2.33 bits per heavy atom. The van der Waals surface area contributed by atoms with Crippen molar-refractivity contribution < 1.29 is 14.2 Å². The lowest BCUT2D eigenvalue weighted by Crippen LogP contribution is -2.15. The normalized spacial score (nSPS) is 10.4. The SMILES string of the molecule is COc1cc(-c2nc(SCc3ccccc3C)[nH]c(=O)c2C#N)cc(OC)c1OC. The average Bonchev–Trinajstić information content (AvgIpc) is 2.77. The average molecular weight is 423 g/mol. The van der Waals surface area contributed by atoms with Crippen molar-refractivity contribution in [3.05, 3.63) is 63.4 Å². The van der Waals surface area contributed by atoms with Crippen LogP contribution in [0, 0.1) is 18.3 Å². The van der Waals surface area contributed by atoms with Gasteiger partial charge in [0.1, 0.15) is 11.6 Å². The molecular weight excluding hydrogens is 402 g/mol. The fourth-order valence-corrected chi connectivity index (χ4v) is 3.91. The lowest BCUT2D eigenvalue weighted by Gasteiger charge is -2.14. The van der Waals surface area contributed by atoms with E-state index in [-0.39, 0.29) is 11.3 Å². The number of hydrogen-bond donors (Lipinski definition) is 1. The maximum absolute atomic E-state index is 12.6. The van der Waals surface area contributed by atoms with E-state index in [4.69, 9.17) is 14.2 Å². The summed E-state index contributed by atoms with van der Waals surface area (Å²) in [4.78, 5) is 19.8. The minimum Gasteiger partial charge on any atom is -0.493 e. The summed E-state index contributed by atoms with van der Waals surface area (Å²) < 4.78 is 16.1. The summed E-state index contributed by atoms with van der Waals surface area (Å²) in [5.41, 5.74) is 2.50. The van der Waals surface area contributed by atoms with Crippen LogP contribution >= 0.6 is 11.8 Å². The predicted molar refractivity (Wildman–Crippen MR) is 115 cm³/mol.